The minimum Gasteiger partial charge on any atom is -0.378 e. The molecule has 10 heteroatoms. The fourth-order valence-electron chi connectivity index (χ4n) is 2.85. The molecule has 0 radical (unpaired) electrons. The van der Waals surface area contributed by atoms with Crippen molar-refractivity contribution in [1.82, 2.24) is 4.90 Å². The number of fused-ring (bicyclic) bond motifs is 1. The van der Waals surface area contributed by atoms with E-state index in [4.69, 9.17) is 40.0 Å². The Bertz CT molecular complexity index is 640. The van der Waals surface area contributed by atoms with Crippen LogP contribution in [0.5, 0.6) is 0 Å². The summed E-state index contributed by atoms with van der Waals surface area (Å²) in [6.45, 7) is 5.80. The van der Waals surface area contributed by atoms with Gasteiger partial charge in [-0.15, -0.1) is 11.6 Å². The van der Waals surface area contributed by atoms with Crippen LogP contribution in [0.3, 0.4) is 0 Å². The van der Waals surface area contributed by atoms with Crippen LogP contribution < -0.4 is 0 Å². The SMILES string of the molecule is O=C1c2ccccc2C(=O)N1CCOCCOCCOCCOCCOCCOCCCl. The predicted octanol–water partition coefficient (Wildman–Crippen LogP) is 1.62. The van der Waals surface area contributed by atoms with E-state index in [1.165, 1.54) is 4.90 Å². The van der Waals surface area contributed by atoms with Crippen LogP contribution >= 0.6 is 11.6 Å². The summed E-state index contributed by atoms with van der Waals surface area (Å²) in [6, 6.07) is 6.82. The van der Waals surface area contributed by atoms with Gasteiger partial charge in [0.15, 0.2) is 0 Å². The van der Waals surface area contributed by atoms with E-state index in [0.717, 1.165) is 0 Å². The van der Waals surface area contributed by atoms with Crippen LogP contribution in [0.4, 0.5) is 0 Å². The summed E-state index contributed by atoms with van der Waals surface area (Å²) in [5, 5.41) is 0. The summed E-state index contributed by atoms with van der Waals surface area (Å²) >= 11 is 5.49. The minimum absolute atomic E-state index is 0.225. The molecule has 1 aromatic carbocycles. The van der Waals surface area contributed by atoms with Crippen LogP contribution in [0.15, 0.2) is 24.3 Å². The molecule has 1 aromatic rings. The lowest BCUT2D eigenvalue weighted by molar-refractivity contribution is -0.0166. The van der Waals surface area contributed by atoms with Gasteiger partial charge in [0.1, 0.15) is 0 Å². The van der Waals surface area contributed by atoms with Gasteiger partial charge in [-0.25, -0.2) is 0 Å². The molecule has 0 fully saturated rings. The molecule has 1 aliphatic rings. The standard InChI is InChI=1S/C22H32ClNO8/c23-5-7-27-9-11-29-13-15-31-17-18-32-16-14-30-12-10-28-8-6-24-21(25)19-3-1-2-4-20(19)22(24)26/h1-4H,5-18H2. The molecule has 0 saturated heterocycles. The maximum Gasteiger partial charge on any atom is 0.261 e. The Hall–Kier alpha value is -1.59. The van der Waals surface area contributed by atoms with Gasteiger partial charge in [-0.3, -0.25) is 14.5 Å². The van der Waals surface area contributed by atoms with Gasteiger partial charge in [-0.05, 0) is 12.1 Å². The number of rotatable bonds is 20. The van der Waals surface area contributed by atoms with E-state index in [1.807, 2.05) is 0 Å². The van der Waals surface area contributed by atoms with Gasteiger partial charge < -0.3 is 28.4 Å². The summed E-state index contributed by atoms with van der Waals surface area (Å²) in [6.07, 6.45) is 0. The maximum absolute atomic E-state index is 12.2. The Morgan fingerprint density at radius 1 is 0.562 bits per heavy atom. The molecule has 0 unspecified atom stereocenters. The third kappa shape index (κ3) is 9.91. The van der Waals surface area contributed by atoms with E-state index in [9.17, 15) is 9.59 Å². The van der Waals surface area contributed by atoms with E-state index in [2.05, 4.69) is 0 Å². The Morgan fingerprint density at radius 3 is 1.28 bits per heavy atom. The molecule has 2 amide bonds. The highest BCUT2D eigenvalue weighted by Crippen LogP contribution is 2.21. The quantitative estimate of drug-likeness (QED) is 0.160. The van der Waals surface area contributed by atoms with Crippen molar-refractivity contribution in [2.45, 2.75) is 0 Å². The fourth-order valence-corrected chi connectivity index (χ4v) is 2.96. The molecule has 2 rings (SSSR count). The predicted molar refractivity (Wildman–Crippen MR) is 117 cm³/mol. The van der Waals surface area contributed by atoms with Crippen molar-refractivity contribution in [1.29, 1.82) is 0 Å². The zero-order chi connectivity index (χ0) is 22.9. The largest absolute Gasteiger partial charge is 0.378 e. The average Bonchev–Trinajstić information content (AvgIpc) is 3.05. The van der Waals surface area contributed by atoms with Crippen LogP contribution in [0, 0.1) is 0 Å². The second-order valence-corrected chi connectivity index (χ2v) is 7.05. The average molecular weight is 474 g/mol. The second-order valence-electron chi connectivity index (χ2n) is 6.67. The first-order valence-electron chi connectivity index (χ1n) is 10.7. The Balaban J connectivity index is 1.32. The van der Waals surface area contributed by atoms with Crippen LogP contribution in [-0.2, 0) is 28.4 Å². The zero-order valence-corrected chi connectivity index (χ0v) is 19.1. The number of alkyl halides is 1. The van der Waals surface area contributed by atoms with Crippen molar-refractivity contribution in [3.8, 4) is 0 Å². The number of nitrogens with zero attached hydrogens (tertiary/aromatic N) is 1. The van der Waals surface area contributed by atoms with Crippen molar-refractivity contribution in [2.24, 2.45) is 0 Å². The highest BCUT2D eigenvalue weighted by Gasteiger charge is 2.34. The molecule has 0 aromatic heterocycles. The number of benzene rings is 1. The van der Waals surface area contributed by atoms with Gasteiger partial charge >= 0.3 is 0 Å². The molecule has 1 aliphatic heterocycles. The van der Waals surface area contributed by atoms with E-state index < -0.39 is 0 Å². The summed E-state index contributed by atoms with van der Waals surface area (Å²) in [4.78, 5) is 25.6. The molecule has 9 nitrogen and oxygen atoms in total. The first-order valence-corrected chi connectivity index (χ1v) is 11.3. The molecule has 32 heavy (non-hydrogen) atoms. The molecule has 0 aliphatic carbocycles. The summed E-state index contributed by atoms with van der Waals surface area (Å²) in [5.41, 5.74) is 0.895. The van der Waals surface area contributed by atoms with Crippen LogP contribution in [-0.4, -0.2) is 108 Å². The smallest absolute Gasteiger partial charge is 0.261 e. The number of carbonyl (C=O) groups excluding carboxylic acids is 2. The van der Waals surface area contributed by atoms with Crippen LogP contribution in [0.1, 0.15) is 20.7 Å². The zero-order valence-electron chi connectivity index (χ0n) is 18.3. The Morgan fingerprint density at radius 2 is 0.906 bits per heavy atom. The molecular weight excluding hydrogens is 442 g/mol. The second kappa shape index (κ2) is 17.0. The Labute approximate surface area is 193 Å². The summed E-state index contributed by atoms with van der Waals surface area (Å²) < 4.78 is 32.2. The monoisotopic (exact) mass is 473 g/mol. The van der Waals surface area contributed by atoms with E-state index >= 15 is 0 Å². The first-order chi connectivity index (χ1) is 15.8. The lowest BCUT2D eigenvalue weighted by atomic mass is 10.1. The third-order valence-electron chi connectivity index (χ3n) is 4.42. The maximum atomic E-state index is 12.2. The van der Waals surface area contributed by atoms with Crippen molar-refractivity contribution >= 4 is 23.4 Å². The number of carbonyl (C=O) groups is 2. The van der Waals surface area contributed by atoms with Crippen LogP contribution in [0.2, 0.25) is 0 Å². The summed E-state index contributed by atoms with van der Waals surface area (Å²) in [5.74, 6) is -0.0537. The van der Waals surface area contributed by atoms with Crippen molar-refractivity contribution in [3.63, 3.8) is 0 Å². The number of ether oxygens (including phenoxy) is 6. The van der Waals surface area contributed by atoms with E-state index in [0.29, 0.717) is 89.7 Å². The highest BCUT2D eigenvalue weighted by atomic mass is 35.5. The van der Waals surface area contributed by atoms with Gasteiger partial charge in [0.2, 0.25) is 0 Å². The first kappa shape index (κ1) is 26.7. The number of halogens is 1. The van der Waals surface area contributed by atoms with E-state index in [-0.39, 0.29) is 25.0 Å². The van der Waals surface area contributed by atoms with Gasteiger partial charge in [-0.1, -0.05) is 12.1 Å². The normalized spacial score (nSPS) is 13.2. The van der Waals surface area contributed by atoms with Crippen molar-refractivity contribution < 1.29 is 38.0 Å². The molecule has 0 bridgehead atoms. The lowest BCUT2D eigenvalue weighted by Gasteiger charge is -2.13. The molecule has 0 spiro atoms. The van der Waals surface area contributed by atoms with Crippen molar-refractivity contribution in [3.05, 3.63) is 35.4 Å². The number of amides is 2. The molecule has 0 N–H and O–H groups in total. The summed E-state index contributed by atoms with van der Waals surface area (Å²) in [7, 11) is 0. The fraction of sp³-hybridized carbons (Fsp3) is 0.636. The Kier molecular flexibility index (Phi) is 14.1. The molecular formula is C22H32ClNO8. The third-order valence-corrected chi connectivity index (χ3v) is 4.57. The van der Waals surface area contributed by atoms with Crippen molar-refractivity contribution in [2.75, 3.05) is 91.7 Å². The topological polar surface area (TPSA) is 92.8 Å². The molecule has 1 heterocycles. The minimum atomic E-state index is -0.271. The lowest BCUT2D eigenvalue weighted by Crippen LogP contribution is -2.33. The molecule has 180 valence electrons. The number of imide groups is 1. The van der Waals surface area contributed by atoms with E-state index in [1.54, 1.807) is 24.3 Å². The van der Waals surface area contributed by atoms with Gasteiger partial charge in [0.05, 0.1) is 97.0 Å². The molecule has 0 saturated carbocycles. The van der Waals surface area contributed by atoms with Gasteiger partial charge in [-0.2, -0.15) is 0 Å². The number of hydrogen-bond acceptors (Lipinski definition) is 8. The number of hydrogen-bond donors (Lipinski definition) is 0. The highest BCUT2D eigenvalue weighted by molar-refractivity contribution is 6.21. The van der Waals surface area contributed by atoms with Gasteiger partial charge in [0, 0.05) is 5.88 Å². The van der Waals surface area contributed by atoms with Gasteiger partial charge in [0.25, 0.3) is 11.8 Å². The van der Waals surface area contributed by atoms with Crippen LogP contribution in [0.25, 0.3) is 0 Å². The molecule has 0 atom stereocenters.